The summed E-state index contributed by atoms with van der Waals surface area (Å²) in [5, 5.41) is 8.33. The lowest BCUT2D eigenvalue weighted by atomic mass is 9.95. The first-order valence-corrected chi connectivity index (χ1v) is 11.7. The van der Waals surface area contributed by atoms with Crippen LogP contribution in [0.25, 0.3) is 0 Å². The number of hydrogen-bond donors (Lipinski definition) is 1. The first-order chi connectivity index (χ1) is 16.0. The lowest BCUT2D eigenvalue weighted by molar-refractivity contribution is -0.138. The van der Waals surface area contributed by atoms with Crippen molar-refractivity contribution in [1.82, 2.24) is 14.8 Å². The van der Waals surface area contributed by atoms with Crippen molar-refractivity contribution in [3.05, 3.63) is 95.0 Å². The van der Waals surface area contributed by atoms with Gasteiger partial charge >= 0.3 is 5.97 Å². The number of anilines is 1. The molecule has 0 amide bonds. The largest absolute Gasteiger partial charge is 0.458 e. The molecule has 0 spiro atoms. The molecule has 0 fully saturated rings. The standard InChI is InChI=1S/C25H25FN4O2S/c1-4-14-32-23(31)21-16(3)27-24-28-25(33-15-19-8-6-7-9-20(19)26)29-30(24)22(21)18-12-10-17(5-2)11-13-18/h4,6-13,22H,1,5,14-15H2,2-3H3,(H,27,28,29). The normalized spacial score (nSPS) is 15.1. The molecule has 4 rings (SSSR count). The molecule has 3 aromatic rings. The van der Waals surface area contributed by atoms with Crippen molar-refractivity contribution < 1.29 is 13.9 Å². The van der Waals surface area contributed by atoms with E-state index in [2.05, 4.69) is 28.9 Å². The van der Waals surface area contributed by atoms with Crippen molar-refractivity contribution in [2.24, 2.45) is 0 Å². The number of aryl methyl sites for hydroxylation is 1. The van der Waals surface area contributed by atoms with Crippen LogP contribution < -0.4 is 5.32 Å². The minimum Gasteiger partial charge on any atom is -0.458 e. The summed E-state index contributed by atoms with van der Waals surface area (Å²) in [5.41, 5.74) is 3.79. The summed E-state index contributed by atoms with van der Waals surface area (Å²) < 4.78 is 21.1. The van der Waals surface area contributed by atoms with Crippen LogP contribution in [0.2, 0.25) is 0 Å². The fourth-order valence-electron chi connectivity index (χ4n) is 3.67. The van der Waals surface area contributed by atoms with E-state index in [1.54, 1.807) is 22.9 Å². The molecule has 0 bridgehead atoms. The van der Waals surface area contributed by atoms with Crippen molar-refractivity contribution >= 4 is 23.7 Å². The van der Waals surface area contributed by atoms with Gasteiger partial charge in [0.2, 0.25) is 11.1 Å². The summed E-state index contributed by atoms with van der Waals surface area (Å²) >= 11 is 1.34. The van der Waals surface area contributed by atoms with Gasteiger partial charge in [-0.05, 0) is 36.1 Å². The van der Waals surface area contributed by atoms with Crippen molar-refractivity contribution in [2.45, 2.75) is 37.2 Å². The van der Waals surface area contributed by atoms with Gasteiger partial charge in [0, 0.05) is 11.4 Å². The molecular formula is C25H25FN4O2S. The number of allylic oxidation sites excluding steroid dienone is 1. The topological polar surface area (TPSA) is 69.0 Å². The predicted octanol–water partition coefficient (Wildman–Crippen LogP) is 5.29. The van der Waals surface area contributed by atoms with E-state index in [1.807, 2.05) is 31.2 Å². The van der Waals surface area contributed by atoms with Gasteiger partial charge in [0.15, 0.2) is 0 Å². The van der Waals surface area contributed by atoms with Crippen LogP contribution in [0.4, 0.5) is 10.3 Å². The third kappa shape index (κ3) is 4.85. The number of thioether (sulfide) groups is 1. The van der Waals surface area contributed by atoms with Crippen molar-refractivity contribution in [3.8, 4) is 0 Å². The molecule has 33 heavy (non-hydrogen) atoms. The van der Waals surface area contributed by atoms with Crippen LogP contribution in [-0.2, 0) is 21.7 Å². The second-order valence-electron chi connectivity index (χ2n) is 7.59. The number of hydrogen-bond acceptors (Lipinski definition) is 6. The molecule has 1 aliphatic rings. The average Bonchev–Trinajstić information content (AvgIpc) is 3.23. The monoisotopic (exact) mass is 464 g/mol. The number of nitrogens with one attached hydrogen (secondary N) is 1. The Morgan fingerprint density at radius 3 is 2.73 bits per heavy atom. The molecule has 8 heteroatoms. The van der Waals surface area contributed by atoms with Crippen molar-refractivity contribution in [2.75, 3.05) is 11.9 Å². The maximum Gasteiger partial charge on any atom is 0.338 e. The Kier molecular flexibility index (Phi) is 6.93. The zero-order chi connectivity index (χ0) is 23.4. The number of esters is 1. The summed E-state index contributed by atoms with van der Waals surface area (Å²) in [6.07, 6.45) is 2.45. The molecule has 0 radical (unpaired) electrons. The highest BCUT2D eigenvalue weighted by Crippen LogP contribution is 2.37. The summed E-state index contributed by atoms with van der Waals surface area (Å²) in [7, 11) is 0. The van der Waals surface area contributed by atoms with Gasteiger partial charge in [-0.3, -0.25) is 0 Å². The Bertz CT molecular complexity index is 1200. The molecule has 0 saturated carbocycles. The maximum atomic E-state index is 14.0. The second kappa shape index (κ2) is 10.0. The Morgan fingerprint density at radius 1 is 1.27 bits per heavy atom. The molecule has 1 unspecified atom stereocenters. The zero-order valence-electron chi connectivity index (χ0n) is 18.5. The van der Waals surface area contributed by atoms with E-state index in [9.17, 15) is 9.18 Å². The number of aromatic nitrogens is 3. The Balaban J connectivity index is 1.69. The predicted molar refractivity (Wildman–Crippen MR) is 127 cm³/mol. The third-order valence-corrected chi connectivity index (χ3v) is 6.29. The SMILES string of the molecule is C=CCOC(=O)C1=C(C)Nc2nc(SCc3ccccc3F)nn2C1c1ccc(CC)cc1. The molecule has 0 saturated heterocycles. The van der Waals surface area contributed by atoms with E-state index in [4.69, 9.17) is 4.74 Å². The van der Waals surface area contributed by atoms with Gasteiger partial charge < -0.3 is 10.1 Å². The second-order valence-corrected chi connectivity index (χ2v) is 8.53. The highest BCUT2D eigenvalue weighted by molar-refractivity contribution is 7.98. The van der Waals surface area contributed by atoms with Crippen LogP contribution in [0, 0.1) is 5.82 Å². The van der Waals surface area contributed by atoms with Crippen molar-refractivity contribution in [3.63, 3.8) is 0 Å². The van der Waals surface area contributed by atoms with Gasteiger partial charge in [-0.1, -0.05) is 73.8 Å². The maximum absolute atomic E-state index is 14.0. The summed E-state index contributed by atoms with van der Waals surface area (Å²) in [5.74, 6) is 0.220. The van der Waals surface area contributed by atoms with Crippen LogP contribution in [0.3, 0.4) is 0 Å². The van der Waals surface area contributed by atoms with E-state index >= 15 is 0 Å². The van der Waals surface area contributed by atoms with Crippen LogP contribution in [0.15, 0.2) is 77.6 Å². The van der Waals surface area contributed by atoms with Gasteiger partial charge in [0.05, 0.1) is 5.57 Å². The number of benzene rings is 2. The summed E-state index contributed by atoms with van der Waals surface area (Å²) in [6.45, 7) is 7.65. The summed E-state index contributed by atoms with van der Waals surface area (Å²) in [6, 6.07) is 14.2. The van der Waals surface area contributed by atoms with E-state index in [0.29, 0.717) is 33.7 Å². The molecule has 0 aliphatic carbocycles. The Hall–Kier alpha value is -3.39. The van der Waals surface area contributed by atoms with Crippen LogP contribution in [0.1, 0.15) is 36.6 Å². The van der Waals surface area contributed by atoms with Crippen LogP contribution >= 0.6 is 11.8 Å². The molecule has 2 heterocycles. The fourth-order valence-corrected chi connectivity index (χ4v) is 4.49. The molecular weight excluding hydrogens is 439 g/mol. The Morgan fingerprint density at radius 2 is 2.03 bits per heavy atom. The highest BCUT2D eigenvalue weighted by atomic mass is 32.2. The number of ether oxygens (including phenoxy) is 1. The van der Waals surface area contributed by atoms with Gasteiger partial charge in [-0.15, -0.1) is 5.10 Å². The van der Waals surface area contributed by atoms with Gasteiger partial charge in [-0.25, -0.2) is 13.9 Å². The number of nitrogens with zero attached hydrogens (tertiary/aromatic N) is 3. The Labute approximate surface area is 196 Å². The van der Waals surface area contributed by atoms with E-state index < -0.39 is 12.0 Å². The fraction of sp³-hybridized carbons (Fsp3) is 0.240. The number of fused-ring (bicyclic) bond motifs is 1. The van der Waals surface area contributed by atoms with Gasteiger partial charge in [0.1, 0.15) is 18.5 Å². The lowest BCUT2D eigenvalue weighted by Crippen LogP contribution is -2.29. The first-order valence-electron chi connectivity index (χ1n) is 10.7. The van der Waals surface area contributed by atoms with Crippen LogP contribution in [-0.4, -0.2) is 27.3 Å². The molecule has 170 valence electrons. The van der Waals surface area contributed by atoms with Gasteiger partial charge in [0.25, 0.3) is 0 Å². The minimum absolute atomic E-state index is 0.116. The first kappa shape index (κ1) is 22.8. The third-order valence-electron chi connectivity index (χ3n) is 5.40. The average molecular weight is 465 g/mol. The number of halogens is 1. The molecule has 6 nitrogen and oxygen atoms in total. The molecule has 1 aliphatic heterocycles. The van der Waals surface area contributed by atoms with E-state index in [-0.39, 0.29) is 12.4 Å². The number of carbonyl (C=O) groups is 1. The molecule has 2 aromatic carbocycles. The molecule has 1 N–H and O–H groups in total. The van der Waals surface area contributed by atoms with E-state index in [0.717, 1.165) is 12.0 Å². The molecule has 1 aromatic heterocycles. The minimum atomic E-state index is -0.500. The highest BCUT2D eigenvalue weighted by Gasteiger charge is 2.35. The quantitative estimate of drug-likeness (QED) is 0.278. The zero-order valence-corrected chi connectivity index (χ0v) is 19.4. The van der Waals surface area contributed by atoms with Gasteiger partial charge in [-0.2, -0.15) is 4.98 Å². The lowest BCUT2D eigenvalue weighted by Gasteiger charge is -2.28. The number of rotatable bonds is 8. The van der Waals surface area contributed by atoms with Crippen LogP contribution in [0.5, 0.6) is 0 Å². The molecule has 1 atom stereocenters. The summed E-state index contributed by atoms with van der Waals surface area (Å²) in [4.78, 5) is 17.6. The van der Waals surface area contributed by atoms with Crippen molar-refractivity contribution in [1.29, 1.82) is 0 Å². The van der Waals surface area contributed by atoms with E-state index in [1.165, 1.54) is 29.5 Å². The number of carbonyl (C=O) groups excluding carboxylic acids is 1. The smallest absolute Gasteiger partial charge is 0.338 e.